The van der Waals surface area contributed by atoms with E-state index in [0.717, 1.165) is 0 Å². The fraction of sp³-hybridized carbons (Fsp3) is 0.250. The fourth-order valence-corrected chi connectivity index (χ4v) is 1.07. The average Bonchev–Trinajstić information content (AvgIpc) is 2.09. The van der Waals surface area contributed by atoms with Crippen LogP contribution in [0.25, 0.3) is 0 Å². The van der Waals surface area contributed by atoms with Gasteiger partial charge in [0.1, 0.15) is 17.5 Å². The second-order valence-corrected chi connectivity index (χ2v) is 2.82. The summed E-state index contributed by atoms with van der Waals surface area (Å²) in [7, 11) is 0. The Bertz CT molecular complexity index is 371. The van der Waals surface area contributed by atoms with E-state index in [9.17, 15) is 8.78 Å². The topological polar surface area (TPSA) is 36.7 Å². The highest BCUT2D eigenvalue weighted by Gasteiger charge is 2.15. The molecule has 0 saturated carbocycles. The minimum Gasteiger partial charge on any atom is -0.236 e. The predicted octanol–water partition coefficient (Wildman–Crippen LogP) is 2.85. The van der Waals surface area contributed by atoms with Crippen LogP contribution >= 0.6 is 11.6 Å². The highest BCUT2D eigenvalue weighted by atomic mass is 35.5. The van der Waals surface area contributed by atoms with Gasteiger partial charge in [-0.05, 0) is 18.6 Å². The zero-order valence-electron chi connectivity index (χ0n) is 6.68. The summed E-state index contributed by atoms with van der Waals surface area (Å²) < 4.78 is 24.6. The molecule has 0 atom stereocenters. The monoisotopic (exact) mass is 202 g/mol. The van der Waals surface area contributed by atoms with E-state index in [-0.39, 0.29) is 16.3 Å². The molecule has 0 radical (unpaired) electrons. The first-order valence-corrected chi connectivity index (χ1v) is 3.79. The van der Waals surface area contributed by atoms with Crippen LogP contribution in [0.5, 0.6) is 0 Å². The summed E-state index contributed by atoms with van der Waals surface area (Å²) in [5, 5.41) is 8.58. The highest BCUT2D eigenvalue weighted by Crippen LogP contribution is 2.26. The molecule has 0 saturated heterocycles. The largest absolute Gasteiger partial charge is 0.280 e. The molecule has 0 spiro atoms. The summed E-state index contributed by atoms with van der Waals surface area (Å²) in [5.74, 6) is 0. The van der Waals surface area contributed by atoms with E-state index in [4.69, 9.17) is 16.9 Å². The molecular weight excluding hydrogens is 198 g/mol. The van der Waals surface area contributed by atoms with Crippen LogP contribution in [0, 0.1) is 18.3 Å². The lowest BCUT2D eigenvalue weighted by Crippen LogP contribution is -1.97. The van der Waals surface area contributed by atoms with E-state index in [1.807, 2.05) is 0 Å². The van der Waals surface area contributed by atoms with Gasteiger partial charge in [0, 0.05) is 5.02 Å². The second-order valence-electron chi connectivity index (χ2n) is 2.41. The third-order valence-corrected chi connectivity index (χ3v) is 1.96. The first-order chi connectivity index (χ1) is 6.06. The van der Waals surface area contributed by atoms with Crippen LogP contribution in [0.4, 0.5) is 8.78 Å². The van der Waals surface area contributed by atoms with Crippen molar-refractivity contribution in [2.45, 2.75) is 13.3 Å². The van der Waals surface area contributed by atoms with Crippen LogP contribution in [-0.2, 0) is 0 Å². The molecule has 13 heavy (non-hydrogen) atoms. The third kappa shape index (κ3) is 1.93. The lowest BCUT2D eigenvalue weighted by Gasteiger charge is -2.05. The van der Waals surface area contributed by atoms with E-state index in [2.05, 4.69) is 4.98 Å². The summed E-state index contributed by atoms with van der Waals surface area (Å²) in [6.45, 7) is 1.44. The number of rotatable bonds is 1. The maximum absolute atomic E-state index is 12.3. The van der Waals surface area contributed by atoms with Crippen molar-refractivity contribution in [2.24, 2.45) is 0 Å². The zero-order valence-corrected chi connectivity index (χ0v) is 7.44. The van der Waals surface area contributed by atoms with E-state index in [1.54, 1.807) is 6.07 Å². The number of aromatic nitrogens is 1. The first kappa shape index (κ1) is 9.87. The van der Waals surface area contributed by atoms with Crippen molar-refractivity contribution in [3.05, 3.63) is 28.0 Å². The molecular formula is C8H5ClF2N2. The van der Waals surface area contributed by atoms with Gasteiger partial charge in [-0.2, -0.15) is 5.26 Å². The normalized spacial score (nSPS) is 10.2. The molecule has 0 aliphatic rings. The molecule has 1 heterocycles. The molecule has 0 aliphatic carbocycles. The second kappa shape index (κ2) is 3.67. The number of nitriles is 1. The number of hydrogen-bond acceptors (Lipinski definition) is 2. The Morgan fingerprint density at radius 3 is 2.69 bits per heavy atom. The van der Waals surface area contributed by atoms with E-state index in [0.29, 0.717) is 0 Å². The number of hydrogen-bond donors (Lipinski definition) is 0. The molecule has 1 aromatic heterocycles. The third-order valence-electron chi connectivity index (χ3n) is 1.57. The van der Waals surface area contributed by atoms with E-state index < -0.39 is 12.1 Å². The van der Waals surface area contributed by atoms with Gasteiger partial charge in [0.2, 0.25) is 0 Å². The summed E-state index contributed by atoms with van der Waals surface area (Å²) in [5.41, 5.74) is -0.300. The molecule has 0 aromatic carbocycles. The Morgan fingerprint density at radius 2 is 2.23 bits per heavy atom. The summed E-state index contributed by atoms with van der Waals surface area (Å²) in [6, 6.07) is 2.93. The van der Waals surface area contributed by atoms with Crippen molar-refractivity contribution in [1.82, 2.24) is 4.98 Å². The smallest absolute Gasteiger partial charge is 0.236 e. The van der Waals surface area contributed by atoms with Gasteiger partial charge in [0.05, 0.1) is 0 Å². The SMILES string of the molecule is Cc1c(Cl)cc(C#N)nc1C(F)F. The van der Waals surface area contributed by atoms with Gasteiger partial charge in [-0.25, -0.2) is 13.8 Å². The standard InChI is InChI=1S/C8H5ClF2N2/c1-4-6(9)2-5(3-12)13-7(4)8(10)11/h2,8H,1H3. The lowest BCUT2D eigenvalue weighted by molar-refractivity contribution is 0.145. The van der Waals surface area contributed by atoms with Gasteiger partial charge in [0.25, 0.3) is 6.43 Å². The van der Waals surface area contributed by atoms with Crippen LogP contribution < -0.4 is 0 Å². The van der Waals surface area contributed by atoms with Crippen molar-refractivity contribution in [3.8, 4) is 6.07 Å². The van der Waals surface area contributed by atoms with E-state index >= 15 is 0 Å². The molecule has 0 bridgehead atoms. The summed E-state index contributed by atoms with van der Waals surface area (Å²) in [6.07, 6.45) is -2.70. The summed E-state index contributed by atoms with van der Waals surface area (Å²) >= 11 is 5.62. The van der Waals surface area contributed by atoms with Crippen LogP contribution in [0.15, 0.2) is 6.07 Å². The molecule has 0 unspecified atom stereocenters. The van der Waals surface area contributed by atoms with Crippen molar-refractivity contribution in [1.29, 1.82) is 5.26 Å². The average molecular weight is 203 g/mol. The number of halogens is 3. The van der Waals surface area contributed by atoms with Gasteiger partial charge in [-0.1, -0.05) is 11.6 Å². The van der Waals surface area contributed by atoms with Crippen molar-refractivity contribution in [2.75, 3.05) is 0 Å². The number of pyridine rings is 1. The Balaban J connectivity index is 3.35. The van der Waals surface area contributed by atoms with Crippen LogP contribution in [0.1, 0.15) is 23.4 Å². The van der Waals surface area contributed by atoms with Gasteiger partial charge in [0.15, 0.2) is 0 Å². The minimum absolute atomic E-state index is 0.0918. The molecule has 0 aliphatic heterocycles. The Kier molecular flexibility index (Phi) is 2.79. The van der Waals surface area contributed by atoms with E-state index in [1.165, 1.54) is 13.0 Å². The van der Waals surface area contributed by atoms with Gasteiger partial charge >= 0.3 is 0 Å². The minimum atomic E-state index is -2.70. The zero-order chi connectivity index (χ0) is 10.0. The molecule has 5 heteroatoms. The highest BCUT2D eigenvalue weighted by molar-refractivity contribution is 6.31. The molecule has 1 rings (SSSR count). The van der Waals surface area contributed by atoms with Crippen molar-refractivity contribution in [3.63, 3.8) is 0 Å². The summed E-state index contributed by atoms with van der Waals surface area (Å²) in [4.78, 5) is 3.46. The first-order valence-electron chi connectivity index (χ1n) is 3.41. The molecule has 68 valence electrons. The maximum atomic E-state index is 12.3. The van der Waals surface area contributed by atoms with Crippen LogP contribution in [-0.4, -0.2) is 4.98 Å². The molecule has 1 aromatic rings. The van der Waals surface area contributed by atoms with Crippen molar-refractivity contribution < 1.29 is 8.78 Å². The molecule has 0 N–H and O–H groups in total. The Hall–Kier alpha value is -1.21. The fourth-order valence-electron chi connectivity index (χ4n) is 0.866. The van der Waals surface area contributed by atoms with Gasteiger partial charge in [-0.3, -0.25) is 0 Å². The number of nitrogens with zero attached hydrogens (tertiary/aromatic N) is 2. The van der Waals surface area contributed by atoms with Gasteiger partial charge < -0.3 is 0 Å². The number of alkyl halides is 2. The van der Waals surface area contributed by atoms with Crippen molar-refractivity contribution >= 4 is 11.6 Å². The van der Waals surface area contributed by atoms with Gasteiger partial charge in [-0.15, -0.1) is 0 Å². The lowest BCUT2D eigenvalue weighted by atomic mass is 10.2. The van der Waals surface area contributed by atoms with Crippen LogP contribution in [0.2, 0.25) is 5.02 Å². The molecule has 0 fully saturated rings. The Labute approximate surface area is 78.8 Å². The maximum Gasteiger partial charge on any atom is 0.280 e. The molecule has 0 amide bonds. The predicted molar refractivity (Wildman–Crippen MR) is 43.7 cm³/mol. The molecule has 2 nitrogen and oxygen atoms in total. The Morgan fingerprint density at radius 1 is 1.62 bits per heavy atom. The quantitative estimate of drug-likeness (QED) is 0.702. The van der Waals surface area contributed by atoms with Crippen LogP contribution in [0.3, 0.4) is 0 Å².